The number of Topliss-reactive ketones (excluding diaryl/α,β-unsaturated/α-hetero) is 1. The van der Waals surface area contributed by atoms with Crippen LogP contribution in [0.15, 0.2) is 24.3 Å². The highest BCUT2D eigenvalue weighted by molar-refractivity contribution is 5.82. The van der Waals surface area contributed by atoms with Crippen LogP contribution in [0.1, 0.15) is 25.8 Å². The van der Waals surface area contributed by atoms with Crippen LogP contribution in [0.25, 0.3) is 0 Å². The summed E-state index contributed by atoms with van der Waals surface area (Å²) in [5, 5.41) is 8.64. The molecule has 4 heteroatoms. The molecule has 0 unspecified atom stereocenters. The van der Waals surface area contributed by atoms with Gasteiger partial charge in [0.05, 0.1) is 12.6 Å². The van der Waals surface area contributed by atoms with Gasteiger partial charge < -0.3 is 0 Å². The van der Waals surface area contributed by atoms with Crippen molar-refractivity contribution in [1.82, 2.24) is 4.90 Å². The van der Waals surface area contributed by atoms with Gasteiger partial charge in [0.1, 0.15) is 5.82 Å². The summed E-state index contributed by atoms with van der Waals surface area (Å²) in [6.07, 6.45) is 0.507. The number of halogens is 1. The lowest BCUT2D eigenvalue weighted by Gasteiger charge is -2.22. The Labute approximate surface area is 120 Å². The molecule has 0 aliphatic rings. The second-order valence-corrected chi connectivity index (χ2v) is 5.34. The summed E-state index contributed by atoms with van der Waals surface area (Å²) in [7, 11) is 0. The molecule has 0 N–H and O–H groups in total. The third kappa shape index (κ3) is 5.94. The Morgan fingerprint density at radius 2 is 2.10 bits per heavy atom. The number of benzene rings is 1. The number of carbonyl (C=O) groups is 1. The molecule has 20 heavy (non-hydrogen) atoms. The van der Waals surface area contributed by atoms with Gasteiger partial charge in [0.2, 0.25) is 0 Å². The van der Waals surface area contributed by atoms with E-state index in [1.807, 2.05) is 4.90 Å². The van der Waals surface area contributed by atoms with Crippen LogP contribution >= 0.6 is 0 Å². The van der Waals surface area contributed by atoms with E-state index in [1.54, 1.807) is 18.2 Å². The van der Waals surface area contributed by atoms with Gasteiger partial charge in [0, 0.05) is 25.9 Å². The average Bonchev–Trinajstić information content (AvgIpc) is 2.38. The van der Waals surface area contributed by atoms with E-state index in [-0.39, 0.29) is 24.6 Å². The smallest absolute Gasteiger partial charge is 0.151 e. The molecule has 0 fully saturated rings. The van der Waals surface area contributed by atoms with E-state index in [2.05, 4.69) is 19.9 Å². The Hall–Kier alpha value is -1.73. The van der Waals surface area contributed by atoms with Gasteiger partial charge >= 0.3 is 0 Å². The molecule has 108 valence electrons. The van der Waals surface area contributed by atoms with E-state index in [4.69, 9.17) is 5.26 Å². The van der Waals surface area contributed by atoms with E-state index in [1.165, 1.54) is 6.07 Å². The van der Waals surface area contributed by atoms with Gasteiger partial charge in [-0.05, 0) is 17.5 Å². The zero-order valence-electron chi connectivity index (χ0n) is 12.1. The predicted octanol–water partition coefficient (Wildman–Crippen LogP) is 2.81. The van der Waals surface area contributed by atoms with Gasteiger partial charge in [-0.2, -0.15) is 5.26 Å². The molecule has 3 nitrogen and oxygen atoms in total. The van der Waals surface area contributed by atoms with Gasteiger partial charge in [0.25, 0.3) is 0 Å². The first kappa shape index (κ1) is 16.3. The normalized spacial score (nSPS) is 10.8. The van der Waals surface area contributed by atoms with Crippen LogP contribution in [0.3, 0.4) is 0 Å². The van der Waals surface area contributed by atoms with E-state index in [0.717, 1.165) is 6.54 Å². The van der Waals surface area contributed by atoms with Crippen LogP contribution in [0.5, 0.6) is 0 Å². The van der Waals surface area contributed by atoms with Gasteiger partial charge in [-0.3, -0.25) is 9.69 Å². The van der Waals surface area contributed by atoms with Crippen LogP contribution in [-0.2, 0) is 11.2 Å². The molecular weight excluding hydrogens is 255 g/mol. The first-order valence-corrected chi connectivity index (χ1v) is 6.87. The minimum atomic E-state index is -0.340. The van der Waals surface area contributed by atoms with Crippen molar-refractivity contribution >= 4 is 5.78 Å². The molecule has 0 aliphatic heterocycles. The molecule has 0 amide bonds. The second kappa shape index (κ2) is 8.44. The average molecular weight is 276 g/mol. The maximum atomic E-state index is 13.5. The third-order valence-electron chi connectivity index (χ3n) is 2.91. The maximum absolute atomic E-state index is 13.5. The fraction of sp³-hybridized carbons (Fsp3) is 0.500. The van der Waals surface area contributed by atoms with Crippen molar-refractivity contribution in [1.29, 1.82) is 5.26 Å². The minimum Gasteiger partial charge on any atom is -0.298 e. The highest BCUT2D eigenvalue weighted by Gasteiger charge is 2.14. The van der Waals surface area contributed by atoms with E-state index < -0.39 is 0 Å². The van der Waals surface area contributed by atoms with Crippen molar-refractivity contribution in [3.8, 4) is 6.07 Å². The zero-order valence-corrected chi connectivity index (χ0v) is 12.1. The highest BCUT2D eigenvalue weighted by atomic mass is 19.1. The standard InChI is InChI=1S/C16H21FN2O/c1-13(2)11-19(9-5-8-18)12-15(20)10-14-6-3-4-7-16(14)17/h3-4,6-7,13H,5,9-12H2,1-2H3. The molecule has 0 aromatic heterocycles. The number of nitrogens with zero attached hydrogens (tertiary/aromatic N) is 2. The first-order valence-electron chi connectivity index (χ1n) is 6.87. The predicted molar refractivity (Wildman–Crippen MR) is 76.6 cm³/mol. The summed E-state index contributed by atoms with van der Waals surface area (Å²) in [6.45, 7) is 5.76. The van der Waals surface area contributed by atoms with Crippen LogP contribution in [-0.4, -0.2) is 30.3 Å². The third-order valence-corrected chi connectivity index (χ3v) is 2.91. The van der Waals surface area contributed by atoms with E-state index >= 15 is 0 Å². The van der Waals surface area contributed by atoms with Crippen LogP contribution < -0.4 is 0 Å². The van der Waals surface area contributed by atoms with Gasteiger partial charge in [0.15, 0.2) is 5.78 Å². The van der Waals surface area contributed by atoms with E-state index in [0.29, 0.717) is 24.4 Å². The van der Waals surface area contributed by atoms with E-state index in [9.17, 15) is 9.18 Å². The number of hydrogen-bond donors (Lipinski definition) is 0. The molecule has 0 radical (unpaired) electrons. The number of hydrogen-bond acceptors (Lipinski definition) is 3. The summed E-state index contributed by atoms with van der Waals surface area (Å²) in [5.74, 6) is 0.0666. The van der Waals surface area contributed by atoms with Crippen molar-refractivity contribution in [2.45, 2.75) is 26.7 Å². The number of carbonyl (C=O) groups excluding carboxylic acids is 1. The maximum Gasteiger partial charge on any atom is 0.151 e. The fourth-order valence-electron chi connectivity index (χ4n) is 2.12. The van der Waals surface area contributed by atoms with Crippen molar-refractivity contribution in [2.75, 3.05) is 19.6 Å². The topological polar surface area (TPSA) is 44.1 Å². The Morgan fingerprint density at radius 3 is 2.70 bits per heavy atom. The largest absolute Gasteiger partial charge is 0.298 e. The summed E-state index contributed by atoms with van der Waals surface area (Å²) < 4.78 is 13.5. The molecule has 1 rings (SSSR count). The molecule has 0 aliphatic carbocycles. The summed E-state index contributed by atoms with van der Waals surface area (Å²) in [5.41, 5.74) is 0.433. The lowest BCUT2D eigenvalue weighted by Crippen LogP contribution is -2.34. The Kier molecular flexibility index (Phi) is 6.89. The van der Waals surface area contributed by atoms with Crippen LogP contribution in [0, 0.1) is 23.1 Å². The Bertz CT molecular complexity index is 480. The number of ketones is 1. The van der Waals surface area contributed by atoms with Crippen molar-refractivity contribution in [2.24, 2.45) is 5.92 Å². The lowest BCUT2D eigenvalue weighted by atomic mass is 10.1. The summed E-state index contributed by atoms with van der Waals surface area (Å²) in [4.78, 5) is 14.0. The molecule has 1 aromatic rings. The van der Waals surface area contributed by atoms with Gasteiger partial charge in [-0.25, -0.2) is 4.39 Å². The first-order chi connectivity index (χ1) is 9.52. The molecule has 0 spiro atoms. The number of nitriles is 1. The van der Waals surface area contributed by atoms with Crippen molar-refractivity contribution in [3.05, 3.63) is 35.6 Å². The summed E-state index contributed by atoms with van der Waals surface area (Å²) >= 11 is 0. The molecule has 0 saturated heterocycles. The second-order valence-electron chi connectivity index (χ2n) is 5.34. The molecule has 1 aromatic carbocycles. The fourth-order valence-corrected chi connectivity index (χ4v) is 2.12. The van der Waals surface area contributed by atoms with Crippen LogP contribution in [0.2, 0.25) is 0 Å². The SMILES string of the molecule is CC(C)CN(CCC#N)CC(=O)Cc1ccccc1F. The Balaban J connectivity index is 2.57. The molecule has 0 bridgehead atoms. The lowest BCUT2D eigenvalue weighted by molar-refractivity contribution is -0.119. The minimum absolute atomic E-state index is 0.0197. The van der Waals surface area contributed by atoms with Gasteiger partial charge in [-0.1, -0.05) is 32.0 Å². The Morgan fingerprint density at radius 1 is 1.40 bits per heavy atom. The number of rotatable bonds is 8. The molecule has 0 heterocycles. The van der Waals surface area contributed by atoms with Crippen molar-refractivity contribution in [3.63, 3.8) is 0 Å². The molecule has 0 saturated carbocycles. The highest BCUT2D eigenvalue weighted by Crippen LogP contribution is 2.08. The van der Waals surface area contributed by atoms with Crippen LogP contribution in [0.4, 0.5) is 4.39 Å². The zero-order chi connectivity index (χ0) is 15.0. The monoisotopic (exact) mass is 276 g/mol. The van der Waals surface area contributed by atoms with Crippen molar-refractivity contribution < 1.29 is 9.18 Å². The molecular formula is C16H21FN2O. The summed E-state index contributed by atoms with van der Waals surface area (Å²) in [6, 6.07) is 8.43. The molecule has 0 atom stereocenters. The van der Waals surface area contributed by atoms with Gasteiger partial charge in [-0.15, -0.1) is 0 Å². The quantitative estimate of drug-likeness (QED) is 0.733.